The van der Waals surface area contributed by atoms with E-state index in [1.165, 1.54) is 0 Å². The molecule has 0 saturated heterocycles. The van der Waals surface area contributed by atoms with Crippen LogP contribution in [0.4, 0.5) is 10.2 Å². The van der Waals surface area contributed by atoms with Crippen molar-refractivity contribution in [1.29, 1.82) is 0 Å². The number of nitrogens with one attached hydrogen (secondary N) is 2. The first-order chi connectivity index (χ1) is 8.15. The molecule has 6 heteroatoms. The number of halogens is 1. The van der Waals surface area contributed by atoms with Crippen LogP contribution < -0.4 is 10.6 Å². The van der Waals surface area contributed by atoms with Crippen LogP contribution in [0.5, 0.6) is 0 Å². The lowest BCUT2D eigenvalue weighted by atomic mass is 10.2. The van der Waals surface area contributed by atoms with Crippen molar-refractivity contribution >= 4 is 11.8 Å². The summed E-state index contributed by atoms with van der Waals surface area (Å²) in [6.07, 6.45) is 1.84. The van der Waals surface area contributed by atoms with E-state index in [1.54, 1.807) is 0 Å². The first-order valence-electron chi connectivity index (χ1n) is 5.48. The quantitative estimate of drug-likeness (QED) is 0.628. The number of pyridine rings is 1. The van der Waals surface area contributed by atoms with Crippen molar-refractivity contribution in [2.24, 2.45) is 0 Å². The molecule has 1 rings (SSSR count). The zero-order valence-electron chi connectivity index (χ0n) is 9.66. The maximum Gasteiger partial charge on any atom is 0.339 e. The zero-order valence-corrected chi connectivity index (χ0v) is 9.66. The average molecular weight is 241 g/mol. The molecule has 5 nitrogen and oxygen atoms in total. The Labute approximate surface area is 99.1 Å². The normalized spacial score (nSPS) is 10.2. The molecule has 94 valence electrons. The number of carboxylic acids is 1. The van der Waals surface area contributed by atoms with Gasteiger partial charge in [0.25, 0.3) is 0 Å². The summed E-state index contributed by atoms with van der Waals surface area (Å²) in [5.74, 6) is -1.64. The topological polar surface area (TPSA) is 74.2 Å². The van der Waals surface area contributed by atoms with Gasteiger partial charge in [0.1, 0.15) is 17.2 Å². The molecule has 0 unspecified atom stereocenters. The van der Waals surface area contributed by atoms with Gasteiger partial charge >= 0.3 is 5.97 Å². The van der Waals surface area contributed by atoms with Crippen molar-refractivity contribution in [2.75, 3.05) is 25.0 Å². The number of hydrogen-bond acceptors (Lipinski definition) is 4. The molecular formula is C11H16FN3O2. The Hall–Kier alpha value is -1.69. The third kappa shape index (κ3) is 4.36. The van der Waals surface area contributed by atoms with E-state index in [9.17, 15) is 9.18 Å². The number of carboxylic acid groups (broad SMARTS) is 1. The summed E-state index contributed by atoms with van der Waals surface area (Å²) in [5.41, 5.74) is -0.145. The minimum atomic E-state index is -1.19. The monoisotopic (exact) mass is 241 g/mol. The van der Waals surface area contributed by atoms with Crippen molar-refractivity contribution < 1.29 is 14.3 Å². The summed E-state index contributed by atoms with van der Waals surface area (Å²) < 4.78 is 12.8. The van der Waals surface area contributed by atoms with E-state index >= 15 is 0 Å². The van der Waals surface area contributed by atoms with Gasteiger partial charge in [-0.05, 0) is 25.6 Å². The van der Waals surface area contributed by atoms with Crippen LogP contribution in [0, 0.1) is 5.82 Å². The van der Waals surface area contributed by atoms with Gasteiger partial charge in [-0.1, -0.05) is 6.92 Å². The van der Waals surface area contributed by atoms with Crippen LogP contribution in [0.2, 0.25) is 0 Å². The highest BCUT2D eigenvalue weighted by atomic mass is 19.1. The van der Waals surface area contributed by atoms with Crippen LogP contribution in [0.15, 0.2) is 12.3 Å². The molecule has 3 N–H and O–H groups in total. The van der Waals surface area contributed by atoms with Gasteiger partial charge in [-0.2, -0.15) is 0 Å². The molecule has 1 aromatic rings. The van der Waals surface area contributed by atoms with Crippen LogP contribution in [0.25, 0.3) is 0 Å². The highest BCUT2D eigenvalue weighted by molar-refractivity contribution is 5.93. The van der Waals surface area contributed by atoms with E-state index in [1.807, 2.05) is 6.92 Å². The summed E-state index contributed by atoms with van der Waals surface area (Å²) in [5, 5.41) is 14.9. The maximum absolute atomic E-state index is 12.8. The molecule has 1 heterocycles. The molecule has 0 saturated carbocycles. The molecule has 1 aromatic heterocycles. The van der Waals surface area contributed by atoms with Crippen LogP contribution in [0.1, 0.15) is 23.7 Å². The maximum atomic E-state index is 12.8. The highest BCUT2D eigenvalue weighted by Crippen LogP contribution is 2.13. The molecule has 17 heavy (non-hydrogen) atoms. The van der Waals surface area contributed by atoms with Crippen LogP contribution >= 0.6 is 0 Å². The largest absolute Gasteiger partial charge is 0.478 e. The molecule has 0 aliphatic rings. The second kappa shape index (κ2) is 6.80. The van der Waals surface area contributed by atoms with Crippen LogP contribution in [0.3, 0.4) is 0 Å². The van der Waals surface area contributed by atoms with Crippen LogP contribution in [-0.2, 0) is 0 Å². The SMILES string of the molecule is CCNCCCNc1ncc(F)cc1C(=O)O. The molecule has 0 spiro atoms. The summed E-state index contributed by atoms with van der Waals surface area (Å²) in [6.45, 7) is 4.34. The van der Waals surface area contributed by atoms with E-state index in [0.717, 1.165) is 31.8 Å². The fourth-order valence-corrected chi connectivity index (χ4v) is 1.34. The summed E-state index contributed by atoms with van der Waals surface area (Å²) in [6, 6.07) is 0.960. The van der Waals surface area contributed by atoms with E-state index in [2.05, 4.69) is 15.6 Å². The van der Waals surface area contributed by atoms with Gasteiger partial charge in [0.2, 0.25) is 0 Å². The van der Waals surface area contributed by atoms with Crippen LogP contribution in [-0.4, -0.2) is 35.7 Å². The molecule has 0 atom stereocenters. The Bertz CT molecular complexity index is 385. The fourth-order valence-electron chi connectivity index (χ4n) is 1.34. The zero-order chi connectivity index (χ0) is 12.7. The van der Waals surface area contributed by atoms with E-state index in [-0.39, 0.29) is 11.4 Å². The van der Waals surface area contributed by atoms with Crippen molar-refractivity contribution in [1.82, 2.24) is 10.3 Å². The second-order valence-electron chi connectivity index (χ2n) is 3.49. The predicted molar refractivity (Wildman–Crippen MR) is 62.8 cm³/mol. The van der Waals surface area contributed by atoms with Crippen molar-refractivity contribution in [2.45, 2.75) is 13.3 Å². The van der Waals surface area contributed by atoms with E-state index < -0.39 is 11.8 Å². The summed E-state index contributed by atoms with van der Waals surface area (Å²) >= 11 is 0. The van der Waals surface area contributed by atoms with Gasteiger partial charge in [0, 0.05) is 6.54 Å². The molecule has 0 bridgehead atoms. The number of carbonyl (C=O) groups is 1. The number of anilines is 1. The first kappa shape index (κ1) is 13.4. The Morgan fingerprint density at radius 1 is 1.53 bits per heavy atom. The van der Waals surface area contributed by atoms with Gasteiger partial charge in [-0.25, -0.2) is 14.2 Å². The van der Waals surface area contributed by atoms with Crippen molar-refractivity contribution in [3.63, 3.8) is 0 Å². The van der Waals surface area contributed by atoms with E-state index in [0.29, 0.717) is 6.54 Å². The Morgan fingerprint density at radius 2 is 2.29 bits per heavy atom. The van der Waals surface area contributed by atoms with Gasteiger partial charge in [0.05, 0.1) is 6.20 Å². The lowest BCUT2D eigenvalue weighted by molar-refractivity contribution is 0.0697. The third-order valence-electron chi connectivity index (χ3n) is 2.16. The molecular weight excluding hydrogens is 225 g/mol. The third-order valence-corrected chi connectivity index (χ3v) is 2.16. The number of hydrogen-bond donors (Lipinski definition) is 3. The average Bonchev–Trinajstić information content (AvgIpc) is 2.30. The summed E-state index contributed by atoms with van der Waals surface area (Å²) in [4.78, 5) is 14.6. The van der Waals surface area contributed by atoms with E-state index in [4.69, 9.17) is 5.11 Å². The van der Waals surface area contributed by atoms with Gasteiger partial charge < -0.3 is 15.7 Å². The predicted octanol–water partition coefficient (Wildman–Crippen LogP) is 1.33. The van der Waals surface area contributed by atoms with Crippen molar-refractivity contribution in [3.8, 4) is 0 Å². The number of nitrogens with zero attached hydrogens (tertiary/aromatic N) is 1. The van der Waals surface area contributed by atoms with Crippen molar-refractivity contribution in [3.05, 3.63) is 23.6 Å². The summed E-state index contributed by atoms with van der Waals surface area (Å²) in [7, 11) is 0. The molecule has 0 radical (unpaired) electrons. The minimum absolute atomic E-state index is 0.145. The lowest BCUT2D eigenvalue weighted by Crippen LogP contribution is -2.18. The second-order valence-corrected chi connectivity index (χ2v) is 3.49. The standard InChI is InChI=1S/C11H16FN3O2/c1-2-13-4-3-5-14-10-9(11(16)17)6-8(12)7-15-10/h6-7,13H,2-5H2,1H3,(H,14,15)(H,16,17). The molecule has 0 aliphatic carbocycles. The Morgan fingerprint density at radius 3 is 2.94 bits per heavy atom. The lowest BCUT2D eigenvalue weighted by Gasteiger charge is -2.08. The molecule has 0 aliphatic heterocycles. The number of aromatic nitrogens is 1. The van der Waals surface area contributed by atoms with Gasteiger partial charge in [-0.15, -0.1) is 0 Å². The number of rotatable bonds is 7. The first-order valence-corrected chi connectivity index (χ1v) is 5.48. The fraction of sp³-hybridized carbons (Fsp3) is 0.455. The molecule has 0 fully saturated rings. The number of aromatic carboxylic acids is 1. The Kier molecular flexibility index (Phi) is 5.35. The molecule has 0 amide bonds. The van der Waals surface area contributed by atoms with Gasteiger partial charge in [-0.3, -0.25) is 0 Å². The van der Waals surface area contributed by atoms with Gasteiger partial charge in [0.15, 0.2) is 0 Å². The minimum Gasteiger partial charge on any atom is -0.478 e. The molecule has 0 aromatic carbocycles. The smallest absolute Gasteiger partial charge is 0.339 e. The Balaban J connectivity index is 2.55. The highest BCUT2D eigenvalue weighted by Gasteiger charge is 2.12.